The Morgan fingerprint density at radius 3 is 2.25 bits per heavy atom. The second kappa shape index (κ2) is 9.74. The first kappa shape index (κ1) is 21.0. The van der Waals surface area contributed by atoms with E-state index in [-0.39, 0.29) is 25.2 Å². The summed E-state index contributed by atoms with van der Waals surface area (Å²) in [7, 11) is 0. The molecule has 164 valence electrons. The van der Waals surface area contributed by atoms with Crippen LogP contribution in [-0.4, -0.2) is 31.8 Å². The van der Waals surface area contributed by atoms with Gasteiger partial charge in [0.05, 0.1) is 13.2 Å². The third kappa shape index (κ3) is 5.28. The number of carbonyl (C=O) groups excluding carboxylic acids is 2. The Balaban J connectivity index is 1.25. The lowest BCUT2D eigenvalue weighted by Crippen LogP contribution is -2.32. The molecule has 0 aromatic heterocycles. The van der Waals surface area contributed by atoms with Crippen LogP contribution in [0.25, 0.3) is 0 Å². The van der Waals surface area contributed by atoms with Gasteiger partial charge in [-0.1, -0.05) is 0 Å². The smallest absolute Gasteiger partial charge is 0.251 e. The molecule has 2 amide bonds. The highest BCUT2D eigenvalue weighted by molar-refractivity contribution is 5.99. The molecule has 0 saturated carbocycles. The molecule has 0 atom stereocenters. The highest BCUT2D eigenvalue weighted by atomic mass is 16.7. The van der Waals surface area contributed by atoms with Gasteiger partial charge in [0.1, 0.15) is 17.2 Å². The lowest BCUT2D eigenvalue weighted by molar-refractivity contribution is -0.115. The SMILES string of the molecule is CCOc1ccc(Oc2ccc(NC(=O)CNC(=O)c3ccc4c(c3)OCO4)cc2)cc1. The Hall–Kier alpha value is -4.20. The van der Waals surface area contributed by atoms with Crippen molar-refractivity contribution in [2.45, 2.75) is 6.92 Å². The summed E-state index contributed by atoms with van der Waals surface area (Å²) in [5.41, 5.74) is 0.976. The number of benzene rings is 3. The van der Waals surface area contributed by atoms with Gasteiger partial charge in [-0.2, -0.15) is 0 Å². The van der Waals surface area contributed by atoms with E-state index < -0.39 is 0 Å². The number of rotatable bonds is 8. The van der Waals surface area contributed by atoms with Crippen molar-refractivity contribution in [1.82, 2.24) is 5.32 Å². The first-order valence-corrected chi connectivity index (χ1v) is 10.1. The van der Waals surface area contributed by atoms with Crippen LogP contribution in [0.1, 0.15) is 17.3 Å². The molecule has 0 radical (unpaired) electrons. The van der Waals surface area contributed by atoms with Gasteiger partial charge in [-0.15, -0.1) is 0 Å². The van der Waals surface area contributed by atoms with E-state index >= 15 is 0 Å². The van der Waals surface area contributed by atoms with E-state index in [4.69, 9.17) is 18.9 Å². The zero-order valence-electron chi connectivity index (χ0n) is 17.4. The number of hydrogen-bond donors (Lipinski definition) is 2. The molecule has 0 spiro atoms. The van der Waals surface area contributed by atoms with Gasteiger partial charge in [0.2, 0.25) is 12.7 Å². The molecule has 8 nitrogen and oxygen atoms in total. The lowest BCUT2D eigenvalue weighted by atomic mass is 10.2. The molecule has 32 heavy (non-hydrogen) atoms. The number of nitrogens with one attached hydrogen (secondary N) is 2. The summed E-state index contributed by atoms with van der Waals surface area (Å²) in [6, 6.07) is 19.1. The van der Waals surface area contributed by atoms with E-state index in [2.05, 4.69) is 10.6 Å². The van der Waals surface area contributed by atoms with Crippen LogP contribution in [0.3, 0.4) is 0 Å². The van der Waals surface area contributed by atoms with Gasteiger partial charge in [0.25, 0.3) is 5.91 Å². The van der Waals surface area contributed by atoms with Crippen molar-refractivity contribution < 1.29 is 28.5 Å². The third-order valence-corrected chi connectivity index (χ3v) is 4.55. The maximum Gasteiger partial charge on any atom is 0.251 e. The third-order valence-electron chi connectivity index (χ3n) is 4.55. The first-order chi connectivity index (χ1) is 15.6. The molecule has 0 fully saturated rings. The first-order valence-electron chi connectivity index (χ1n) is 10.1. The minimum atomic E-state index is -0.377. The predicted octanol–water partition coefficient (Wildman–Crippen LogP) is 3.97. The predicted molar refractivity (Wildman–Crippen MR) is 118 cm³/mol. The van der Waals surface area contributed by atoms with E-state index in [1.165, 1.54) is 0 Å². The van der Waals surface area contributed by atoms with Crippen molar-refractivity contribution in [2.75, 3.05) is 25.3 Å². The Morgan fingerprint density at radius 1 is 0.875 bits per heavy atom. The monoisotopic (exact) mass is 434 g/mol. The summed E-state index contributed by atoms with van der Waals surface area (Å²) in [5, 5.41) is 5.32. The topological polar surface area (TPSA) is 95.1 Å². The van der Waals surface area contributed by atoms with Gasteiger partial charge in [-0.3, -0.25) is 9.59 Å². The maximum absolute atomic E-state index is 12.3. The van der Waals surface area contributed by atoms with Crippen LogP contribution < -0.4 is 29.6 Å². The number of fused-ring (bicyclic) bond motifs is 1. The molecular weight excluding hydrogens is 412 g/mol. The van der Waals surface area contributed by atoms with Crippen LogP contribution >= 0.6 is 0 Å². The molecule has 0 bridgehead atoms. The van der Waals surface area contributed by atoms with Gasteiger partial charge in [0.15, 0.2) is 11.5 Å². The second-order valence-corrected chi connectivity index (χ2v) is 6.83. The summed E-state index contributed by atoms with van der Waals surface area (Å²) < 4.78 is 21.7. The maximum atomic E-state index is 12.3. The fourth-order valence-corrected chi connectivity index (χ4v) is 3.02. The summed E-state index contributed by atoms with van der Waals surface area (Å²) in [6.45, 7) is 2.50. The molecule has 2 N–H and O–H groups in total. The summed E-state index contributed by atoms with van der Waals surface area (Å²) in [5.74, 6) is 2.46. The summed E-state index contributed by atoms with van der Waals surface area (Å²) in [4.78, 5) is 24.4. The van der Waals surface area contributed by atoms with E-state index in [0.29, 0.717) is 40.9 Å². The molecule has 1 aliphatic heterocycles. The Morgan fingerprint density at radius 2 is 1.53 bits per heavy atom. The summed E-state index contributed by atoms with van der Waals surface area (Å²) in [6.07, 6.45) is 0. The Kier molecular flexibility index (Phi) is 6.41. The zero-order valence-corrected chi connectivity index (χ0v) is 17.4. The van der Waals surface area contributed by atoms with Crippen LogP contribution in [0.15, 0.2) is 66.7 Å². The van der Waals surface area contributed by atoms with Crippen molar-refractivity contribution in [3.8, 4) is 28.7 Å². The van der Waals surface area contributed by atoms with Gasteiger partial charge in [-0.25, -0.2) is 0 Å². The highest BCUT2D eigenvalue weighted by Gasteiger charge is 2.16. The van der Waals surface area contributed by atoms with Crippen LogP contribution in [0.5, 0.6) is 28.7 Å². The minimum Gasteiger partial charge on any atom is -0.494 e. The van der Waals surface area contributed by atoms with E-state index in [0.717, 1.165) is 5.75 Å². The zero-order chi connectivity index (χ0) is 22.3. The average Bonchev–Trinajstić information content (AvgIpc) is 3.28. The average molecular weight is 434 g/mol. The molecule has 1 aliphatic rings. The molecule has 8 heteroatoms. The van der Waals surface area contributed by atoms with Crippen LogP contribution in [-0.2, 0) is 4.79 Å². The van der Waals surface area contributed by atoms with Crippen LogP contribution in [0, 0.1) is 0 Å². The van der Waals surface area contributed by atoms with Crippen molar-refractivity contribution in [2.24, 2.45) is 0 Å². The second-order valence-electron chi connectivity index (χ2n) is 6.83. The minimum absolute atomic E-state index is 0.132. The fraction of sp³-hybridized carbons (Fsp3) is 0.167. The number of ether oxygens (including phenoxy) is 4. The number of amides is 2. The van der Waals surface area contributed by atoms with Gasteiger partial charge in [0, 0.05) is 11.3 Å². The highest BCUT2D eigenvalue weighted by Crippen LogP contribution is 2.32. The van der Waals surface area contributed by atoms with Crippen molar-refractivity contribution >= 4 is 17.5 Å². The molecule has 4 rings (SSSR count). The molecule has 3 aromatic rings. The summed E-state index contributed by atoms with van der Waals surface area (Å²) >= 11 is 0. The standard InChI is InChI=1S/C24H22N2O6/c1-2-29-18-8-10-20(11-9-18)32-19-6-4-17(5-7-19)26-23(27)14-25-24(28)16-3-12-21-22(13-16)31-15-30-21/h3-13H,2,14-15H2,1H3,(H,25,28)(H,26,27). The van der Waals surface area contributed by atoms with Crippen molar-refractivity contribution in [1.29, 1.82) is 0 Å². The van der Waals surface area contributed by atoms with E-state index in [1.54, 1.807) is 42.5 Å². The molecule has 0 saturated heterocycles. The van der Waals surface area contributed by atoms with Gasteiger partial charge in [-0.05, 0) is 73.7 Å². The van der Waals surface area contributed by atoms with Crippen LogP contribution in [0.2, 0.25) is 0 Å². The quantitative estimate of drug-likeness (QED) is 0.557. The van der Waals surface area contributed by atoms with Gasteiger partial charge < -0.3 is 29.6 Å². The molecular formula is C24H22N2O6. The Labute approximate surface area is 185 Å². The normalized spacial score (nSPS) is 11.5. The number of hydrogen-bond acceptors (Lipinski definition) is 6. The van der Waals surface area contributed by atoms with Crippen molar-refractivity contribution in [3.05, 3.63) is 72.3 Å². The van der Waals surface area contributed by atoms with Crippen molar-refractivity contribution in [3.63, 3.8) is 0 Å². The van der Waals surface area contributed by atoms with E-state index in [9.17, 15) is 9.59 Å². The Bertz CT molecular complexity index is 1100. The largest absolute Gasteiger partial charge is 0.494 e. The fourth-order valence-electron chi connectivity index (χ4n) is 3.02. The number of carbonyl (C=O) groups is 2. The molecule has 3 aromatic carbocycles. The molecule has 0 aliphatic carbocycles. The van der Waals surface area contributed by atoms with E-state index in [1.807, 2.05) is 31.2 Å². The molecule has 1 heterocycles. The number of anilines is 1. The molecule has 0 unspecified atom stereocenters. The van der Waals surface area contributed by atoms with Crippen LogP contribution in [0.4, 0.5) is 5.69 Å². The lowest BCUT2D eigenvalue weighted by Gasteiger charge is -2.10. The van der Waals surface area contributed by atoms with Gasteiger partial charge >= 0.3 is 0 Å².